The van der Waals surface area contributed by atoms with E-state index in [1.165, 1.54) is 51.9 Å². The first-order valence-corrected chi connectivity index (χ1v) is 5.74. The van der Waals surface area contributed by atoms with Crippen molar-refractivity contribution in [3.05, 3.63) is 0 Å². The topological polar surface area (TPSA) is 15.3 Å². The summed E-state index contributed by atoms with van der Waals surface area (Å²) in [6.07, 6.45) is 5.79. The first kappa shape index (κ1) is 9.47. The van der Waals surface area contributed by atoms with E-state index in [0.717, 1.165) is 11.8 Å². The molecule has 2 saturated heterocycles. The lowest BCUT2D eigenvalue weighted by molar-refractivity contribution is 0.369. The maximum Gasteiger partial charge on any atom is 0.000709 e. The quantitative estimate of drug-likeness (QED) is 0.708. The van der Waals surface area contributed by atoms with E-state index >= 15 is 0 Å². The fraction of sp³-hybridized carbons (Fsp3) is 1.00. The standard InChI is InChI=1S/C11H22N2/c1-13-7-5-11(9-13)3-2-10-4-6-12-8-10/h10-12H,2-9H2,1H3. The third-order valence-electron chi connectivity index (χ3n) is 3.63. The fourth-order valence-electron chi connectivity index (χ4n) is 2.69. The van der Waals surface area contributed by atoms with Crippen LogP contribution in [-0.2, 0) is 0 Å². The summed E-state index contributed by atoms with van der Waals surface area (Å²) >= 11 is 0. The number of hydrogen-bond acceptors (Lipinski definition) is 2. The first-order chi connectivity index (χ1) is 6.34. The molecule has 2 heteroatoms. The highest BCUT2D eigenvalue weighted by Crippen LogP contribution is 2.24. The van der Waals surface area contributed by atoms with Gasteiger partial charge in [0.15, 0.2) is 0 Å². The van der Waals surface area contributed by atoms with Gasteiger partial charge in [0.25, 0.3) is 0 Å². The van der Waals surface area contributed by atoms with E-state index in [1.807, 2.05) is 0 Å². The molecule has 2 aliphatic heterocycles. The van der Waals surface area contributed by atoms with Crippen LogP contribution in [0, 0.1) is 11.8 Å². The van der Waals surface area contributed by atoms with Crippen LogP contribution in [-0.4, -0.2) is 38.1 Å². The van der Waals surface area contributed by atoms with Crippen LogP contribution in [0.4, 0.5) is 0 Å². The third-order valence-corrected chi connectivity index (χ3v) is 3.63. The third kappa shape index (κ3) is 2.68. The Kier molecular flexibility index (Phi) is 3.23. The predicted octanol–water partition coefficient (Wildman–Crippen LogP) is 1.33. The summed E-state index contributed by atoms with van der Waals surface area (Å²) in [5.41, 5.74) is 0. The molecule has 1 N–H and O–H groups in total. The van der Waals surface area contributed by atoms with Gasteiger partial charge in [0, 0.05) is 6.54 Å². The summed E-state index contributed by atoms with van der Waals surface area (Å²) in [6, 6.07) is 0. The lowest BCUT2D eigenvalue weighted by Crippen LogP contribution is -2.15. The lowest BCUT2D eigenvalue weighted by Gasteiger charge is -2.13. The molecule has 0 aromatic heterocycles. The number of nitrogens with one attached hydrogen (secondary N) is 1. The molecule has 0 radical (unpaired) electrons. The van der Waals surface area contributed by atoms with Crippen LogP contribution in [0.1, 0.15) is 25.7 Å². The average molecular weight is 182 g/mol. The van der Waals surface area contributed by atoms with Gasteiger partial charge in [0.1, 0.15) is 0 Å². The summed E-state index contributed by atoms with van der Waals surface area (Å²) in [4.78, 5) is 2.47. The normalized spacial score (nSPS) is 35.8. The average Bonchev–Trinajstić information content (AvgIpc) is 2.71. The Labute approximate surface area is 81.7 Å². The predicted molar refractivity (Wildman–Crippen MR) is 55.8 cm³/mol. The molecule has 0 spiro atoms. The molecule has 2 aliphatic rings. The second kappa shape index (κ2) is 4.43. The fourth-order valence-corrected chi connectivity index (χ4v) is 2.69. The van der Waals surface area contributed by atoms with Gasteiger partial charge in [0.2, 0.25) is 0 Å². The van der Waals surface area contributed by atoms with Gasteiger partial charge < -0.3 is 10.2 Å². The number of likely N-dealkylation sites (tertiary alicyclic amines) is 1. The second-order valence-corrected chi connectivity index (χ2v) is 4.85. The van der Waals surface area contributed by atoms with Crippen LogP contribution in [0.25, 0.3) is 0 Å². The van der Waals surface area contributed by atoms with Crippen LogP contribution in [0.3, 0.4) is 0 Å². The molecule has 0 saturated carbocycles. The Bertz CT molecular complexity index is 152. The van der Waals surface area contributed by atoms with Crippen LogP contribution < -0.4 is 5.32 Å². The van der Waals surface area contributed by atoms with E-state index in [4.69, 9.17) is 0 Å². The molecule has 13 heavy (non-hydrogen) atoms. The summed E-state index contributed by atoms with van der Waals surface area (Å²) in [7, 11) is 2.25. The molecule has 2 unspecified atom stereocenters. The van der Waals surface area contributed by atoms with Crippen molar-refractivity contribution in [3.8, 4) is 0 Å². The monoisotopic (exact) mass is 182 g/mol. The van der Waals surface area contributed by atoms with E-state index in [2.05, 4.69) is 17.3 Å². The first-order valence-electron chi connectivity index (χ1n) is 5.74. The minimum absolute atomic E-state index is 0.992. The molecule has 0 amide bonds. The van der Waals surface area contributed by atoms with Crippen LogP contribution in [0.15, 0.2) is 0 Å². The maximum atomic E-state index is 3.45. The minimum atomic E-state index is 0.992. The Morgan fingerprint density at radius 1 is 1.23 bits per heavy atom. The highest BCUT2D eigenvalue weighted by Gasteiger charge is 2.21. The Morgan fingerprint density at radius 3 is 2.69 bits per heavy atom. The smallest absolute Gasteiger partial charge is 0.000709 e. The lowest BCUT2D eigenvalue weighted by atomic mass is 9.95. The second-order valence-electron chi connectivity index (χ2n) is 4.85. The molecule has 2 fully saturated rings. The molecule has 76 valence electrons. The van der Waals surface area contributed by atoms with Gasteiger partial charge in [-0.3, -0.25) is 0 Å². The molecular formula is C11H22N2. The van der Waals surface area contributed by atoms with Crippen LogP contribution >= 0.6 is 0 Å². The van der Waals surface area contributed by atoms with Gasteiger partial charge >= 0.3 is 0 Å². The molecule has 2 nitrogen and oxygen atoms in total. The molecule has 2 heterocycles. The van der Waals surface area contributed by atoms with Gasteiger partial charge in [-0.15, -0.1) is 0 Å². The zero-order chi connectivity index (χ0) is 9.10. The maximum absolute atomic E-state index is 3.45. The van der Waals surface area contributed by atoms with Gasteiger partial charge in [-0.2, -0.15) is 0 Å². The molecule has 2 rings (SSSR count). The van der Waals surface area contributed by atoms with Gasteiger partial charge in [-0.1, -0.05) is 0 Å². The van der Waals surface area contributed by atoms with Crippen molar-refractivity contribution in [3.63, 3.8) is 0 Å². The molecule has 0 bridgehead atoms. The van der Waals surface area contributed by atoms with Gasteiger partial charge in [0.05, 0.1) is 0 Å². The molecule has 0 aromatic rings. The molecule has 0 aromatic carbocycles. The number of nitrogens with zero attached hydrogens (tertiary/aromatic N) is 1. The Balaban J connectivity index is 1.62. The summed E-state index contributed by atoms with van der Waals surface area (Å²) in [6.45, 7) is 5.21. The van der Waals surface area contributed by atoms with Gasteiger partial charge in [-0.25, -0.2) is 0 Å². The largest absolute Gasteiger partial charge is 0.316 e. The van der Waals surface area contributed by atoms with Crippen LogP contribution in [0.2, 0.25) is 0 Å². The van der Waals surface area contributed by atoms with Crippen molar-refractivity contribution in [2.75, 3.05) is 33.2 Å². The molecular weight excluding hydrogens is 160 g/mol. The van der Waals surface area contributed by atoms with E-state index < -0.39 is 0 Å². The number of rotatable bonds is 3. The van der Waals surface area contributed by atoms with E-state index in [0.29, 0.717) is 0 Å². The zero-order valence-electron chi connectivity index (χ0n) is 8.76. The highest BCUT2D eigenvalue weighted by atomic mass is 15.1. The molecule has 2 atom stereocenters. The summed E-state index contributed by atoms with van der Waals surface area (Å²) in [5.74, 6) is 2.00. The van der Waals surface area contributed by atoms with Crippen molar-refractivity contribution >= 4 is 0 Å². The number of hydrogen-bond donors (Lipinski definition) is 1. The van der Waals surface area contributed by atoms with Crippen LogP contribution in [0.5, 0.6) is 0 Å². The van der Waals surface area contributed by atoms with Crippen molar-refractivity contribution in [2.24, 2.45) is 11.8 Å². The van der Waals surface area contributed by atoms with E-state index in [1.54, 1.807) is 0 Å². The highest BCUT2D eigenvalue weighted by molar-refractivity contribution is 4.76. The SMILES string of the molecule is CN1CCC(CCC2CCNC2)C1. The van der Waals surface area contributed by atoms with E-state index in [9.17, 15) is 0 Å². The van der Waals surface area contributed by atoms with Gasteiger partial charge in [-0.05, 0) is 64.2 Å². The Morgan fingerprint density at radius 2 is 2.08 bits per heavy atom. The summed E-state index contributed by atoms with van der Waals surface area (Å²) in [5, 5.41) is 3.45. The summed E-state index contributed by atoms with van der Waals surface area (Å²) < 4.78 is 0. The van der Waals surface area contributed by atoms with Crippen molar-refractivity contribution in [2.45, 2.75) is 25.7 Å². The van der Waals surface area contributed by atoms with Crippen molar-refractivity contribution in [1.82, 2.24) is 10.2 Å². The van der Waals surface area contributed by atoms with Crippen molar-refractivity contribution in [1.29, 1.82) is 0 Å². The van der Waals surface area contributed by atoms with E-state index in [-0.39, 0.29) is 0 Å². The van der Waals surface area contributed by atoms with Crippen molar-refractivity contribution < 1.29 is 0 Å². The Hall–Kier alpha value is -0.0800. The zero-order valence-corrected chi connectivity index (χ0v) is 8.76. The molecule has 0 aliphatic carbocycles. The minimum Gasteiger partial charge on any atom is -0.316 e.